The topological polar surface area (TPSA) is 32.3 Å². The second-order valence-corrected chi connectivity index (χ2v) is 7.67. The van der Waals surface area contributed by atoms with Crippen molar-refractivity contribution in [1.82, 2.24) is 5.32 Å². The van der Waals surface area contributed by atoms with Crippen molar-refractivity contribution in [1.29, 1.82) is 0 Å². The van der Waals surface area contributed by atoms with Crippen LogP contribution in [0.4, 0.5) is 0 Å². The van der Waals surface area contributed by atoms with E-state index in [1.807, 2.05) is 13.8 Å². The Hall–Kier alpha value is 0.220. The molecule has 0 radical (unpaired) electrons. The summed E-state index contributed by atoms with van der Waals surface area (Å²) in [5.74, 6) is 0.826. The van der Waals surface area contributed by atoms with Gasteiger partial charge in [-0.1, -0.05) is 45.2 Å². The summed E-state index contributed by atoms with van der Waals surface area (Å²) < 4.78 is 10.1. The number of hydrogen-bond acceptors (Lipinski definition) is 3. The highest BCUT2D eigenvalue weighted by atomic mass is 127. The van der Waals surface area contributed by atoms with Gasteiger partial charge in [-0.05, 0) is 84.6 Å². The van der Waals surface area contributed by atoms with Crippen LogP contribution in [-0.2, 0) is 6.42 Å². The van der Waals surface area contributed by atoms with Crippen LogP contribution in [0.2, 0.25) is 0 Å². The smallest absolute Gasteiger partial charge is 0.0221 e. The quantitative estimate of drug-likeness (QED) is 0.325. The van der Waals surface area contributed by atoms with E-state index in [0.29, 0.717) is 0 Å². The Balaban J connectivity index is 0.00000116. The first-order valence-electron chi connectivity index (χ1n) is 8.50. The third kappa shape index (κ3) is 7.20. The SMILES string of the molecule is CC.OSCCCNC1(Cc2ccc(I)cc2)CCCCC1. The number of nitrogens with one attached hydrogen (secondary N) is 1. The van der Waals surface area contributed by atoms with Crippen molar-refractivity contribution in [2.45, 2.75) is 64.3 Å². The zero-order valence-electron chi connectivity index (χ0n) is 13.9. The van der Waals surface area contributed by atoms with Gasteiger partial charge in [-0.15, -0.1) is 0 Å². The largest absolute Gasteiger partial charge is 0.330 e. The van der Waals surface area contributed by atoms with Gasteiger partial charge in [0.2, 0.25) is 0 Å². The molecule has 0 aromatic heterocycles. The van der Waals surface area contributed by atoms with Crippen molar-refractivity contribution in [3.63, 3.8) is 0 Å². The van der Waals surface area contributed by atoms with Gasteiger partial charge in [0.1, 0.15) is 0 Å². The summed E-state index contributed by atoms with van der Waals surface area (Å²) in [6.07, 6.45) is 8.79. The van der Waals surface area contributed by atoms with Crippen LogP contribution in [0, 0.1) is 3.57 Å². The van der Waals surface area contributed by atoms with E-state index in [2.05, 4.69) is 52.2 Å². The molecular formula is C18H30INOS. The van der Waals surface area contributed by atoms with Crippen molar-refractivity contribution >= 4 is 34.6 Å². The second-order valence-electron chi connectivity index (χ2n) is 5.76. The molecule has 2 rings (SSSR count). The zero-order chi connectivity index (χ0) is 16.3. The molecule has 0 heterocycles. The molecule has 4 heteroatoms. The molecule has 0 aliphatic heterocycles. The van der Waals surface area contributed by atoms with Crippen LogP contribution in [0.3, 0.4) is 0 Å². The summed E-state index contributed by atoms with van der Waals surface area (Å²) in [5.41, 5.74) is 1.72. The van der Waals surface area contributed by atoms with Gasteiger partial charge >= 0.3 is 0 Å². The molecule has 1 aliphatic carbocycles. The first-order valence-corrected chi connectivity index (χ1v) is 10.5. The summed E-state index contributed by atoms with van der Waals surface area (Å²) in [6, 6.07) is 8.94. The standard InChI is InChI=1S/C16H24INOS.C2H6/c17-15-7-5-14(6-8-15)13-16(9-2-1-3-10-16)18-11-4-12-20-19;1-2/h5-8,18-19H,1-4,9-13H2;1-2H3. The molecule has 0 unspecified atom stereocenters. The zero-order valence-corrected chi connectivity index (χ0v) is 16.9. The van der Waals surface area contributed by atoms with Crippen LogP contribution < -0.4 is 5.32 Å². The highest BCUT2D eigenvalue weighted by Gasteiger charge is 2.31. The number of hydrogen-bond donors (Lipinski definition) is 2. The number of benzene rings is 1. The summed E-state index contributed by atoms with van der Waals surface area (Å²) in [6.45, 7) is 5.01. The molecule has 126 valence electrons. The van der Waals surface area contributed by atoms with E-state index < -0.39 is 0 Å². The highest BCUT2D eigenvalue weighted by Crippen LogP contribution is 2.31. The molecule has 1 aliphatic rings. The Kier molecular flexibility index (Phi) is 10.8. The molecule has 0 bridgehead atoms. The van der Waals surface area contributed by atoms with Crippen LogP contribution in [-0.4, -0.2) is 22.4 Å². The molecule has 0 amide bonds. The molecule has 22 heavy (non-hydrogen) atoms. The van der Waals surface area contributed by atoms with Crippen LogP contribution in [0.15, 0.2) is 24.3 Å². The van der Waals surface area contributed by atoms with Gasteiger partial charge in [0.25, 0.3) is 0 Å². The van der Waals surface area contributed by atoms with Crippen LogP contribution >= 0.6 is 34.6 Å². The molecule has 2 nitrogen and oxygen atoms in total. The van der Waals surface area contributed by atoms with E-state index in [1.54, 1.807) is 0 Å². The van der Waals surface area contributed by atoms with Crippen LogP contribution in [0.25, 0.3) is 0 Å². The lowest BCUT2D eigenvalue weighted by Gasteiger charge is -2.39. The van der Waals surface area contributed by atoms with Gasteiger partial charge in [-0.3, -0.25) is 0 Å². The Labute approximate surface area is 154 Å². The summed E-state index contributed by atoms with van der Waals surface area (Å²) in [7, 11) is 0. The molecule has 2 N–H and O–H groups in total. The lowest BCUT2D eigenvalue weighted by atomic mass is 9.77. The minimum absolute atomic E-state index is 0.283. The van der Waals surface area contributed by atoms with Gasteiger partial charge < -0.3 is 9.87 Å². The van der Waals surface area contributed by atoms with Gasteiger partial charge in [-0.2, -0.15) is 0 Å². The predicted molar refractivity (Wildman–Crippen MR) is 108 cm³/mol. The molecular weight excluding hydrogens is 405 g/mol. The fourth-order valence-corrected chi connectivity index (χ4v) is 3.76. The molecule has 0 saturated heterocycles. The first-order chi connectivity index (χ1) is 10.7. The average Bonchev–Trinajstić information content (AvgIpc) is 2.57. The molecule has 1 saturated carbocycles. The Bertz CT molecular complexity index is 391. The van der Waals surface area contributed by atoms with Gasteiger partial charge in [0.15, 0.2) is 0 Å². The number of halogens is 1. The Morgan fingerprint density at radius 2 is 1.77 bits per heavy atom. The highest BCUT2D eigenvalue weighted by molar-refractivity contribution is 14.1. The van der Waals surface area contributed by atoms with Gasteiger partial charge in [0.05, 0.1) is 0 Å². The molecule has 1 aromatic rings. The van der Waals surface area contributed by atoms with Crippen LogP contribution in [0.5, 0.6) is 0 Å². The van der Waals surface area contributed by atoms with Crippen molar-refractivity contribution in [2.75, 3.05) is 12.3 Å². The van der Waals surface area contributed by atoms with E-state index in [9.17, 15) is 0 Å². The Morgan fingerprint density at radius 1 is 1.14 bits per heavy atom. The van der Waals surface area contributed by atoms with Crippen LogP contribution in [0.1, 0.15) is 57.9 Å². The lowest BCUT2D eigenvalue weighted by molar-refractivity contribution is 0.230. The summed E-state index contributed by atoms with van der Waals surface area (Å²) in [5, 5.41) is 3.81. The van der Waals surface area contributed by atoms with Crippen molar-refractivity contribution < 1.29 is 4.55 Å². The van der Waals surface area contributed by atoms with E-state index in [0.717, 1.165) is 37.2 Å². The summed E-state index contributed by atoms with van der Waals surface area (Å²) in [4.78, 5) is 0. The molecule has 1 aromatic carbocycles. The van der Waals surface area contributed by atoms with E-state index in [4.69, 9.17) is 4.55 Å². The third-order valence-electron chi connectivity index (χ3n) is 4.18. The maximum absolute atomic E-state index is 8.82. The van der Waals surface area contributed by atoms with Crippen molar-refractivity contribution in [3.8, 4) is 0 Å². The molecule has 1 fully saturated rings. The first kappa shape index (κ1) is 20.3. The van der Waals surface area contributed by atoms with Gasteiger partial charge in [-0.25, -0.2) is 0 Å². The third-order valence-corrected chi connectivity index (χ3v) is 5.37. The minimum Gasteiger partial charge on any atom is -0.330 e. The van der Waals surface area contributed by atoms with Crippen molar-refractivity contribution in [3.05, 3.63) is 33.4 Å². The monoisotopic (exact) mass is 435 g/mol. The molecule has 0 spiro atoms. The predicted octanol–water partition coefficient (Wildman–Crippen LogP) is 5.75. The minimum atomic E-state index is 0.283. The van der Waals surface area contributed by atoms with E-state index in [1.165, 1.54) is 41.2 Å². The van der Waals surface area contributed by atoms with Crippen molar-refractivity contribution in [2.24, 2.45) is 0 Å². The lowest BCUT2D eigenvalue weighted by Crippen LogP contribution is -2.49. The van der Waals surface area contributed by atoms with E-state index in [-0.39, 0.29) is 5.54 Å². The average molecular weight is 435 g/mol. The fourth-order valence-electron chi connectivity index (χ4n) is 3.13. The maximum atomic E-state index is 8.82. The van der Waals surface area contributed by atoms with Gasteiger partial charge in [0, 0.05) is 14.9 Å². The summed E-state index contributed by atoms with van der Waals surface area (Å²) >= 11 is 3.31. The number of rotatable bonds is 7. The fraction of sp³-hybridized carbons (Fsp3) is 0.667. The Morgan fingerprint density at radius 3 is 2.36 bits per heavy atom. The molecule has 0 atom stereocenters. The normalized spacial score (nSPS) is 16.7. The second kappa shape index (κ2) is 11.7. The maximum Gasteiger partial charge on any atom is 0.0221 e. The van der Waals surface area contributed by atoms with E-state index >= 15 is 0 Å².